The van der Waals surface area contributed by atoms with Gasteiger partial charge in [0.15, 0.2) is 6.29 Å². The molecule has 1 unspecified atom stereocenters. The number of hydrogen-bond donors (Lipinski definition) is 1. The van der Waals surface area contributed by atoms with Crippen LogP contribution in [-0.4, -0.2) is 127 Å². The van der Waals surface area contributed by atoms with Crippen LogP contribution in [0.25, 0.3) is 21.9 Å². The van der Waals surface area contributed by atoms with Crippen molar-refractivity contribution in [2.24, 2.45) is 7.05 Å². The predicted octanol–water partition coefficient (Wildman–Crippen LogP) is 3.83. The molecule has 312 valence electrons. The monoisotopic (exact) mass is 808 g/mol. The molecule has 3 aliphatic rings. The first kappa shape index (κ1) is 41.5. The number of nitrogens with zero attached hydrogens (tertiary/aromatic N) is 5. The average molecular weight is 809 g/mol. The van der Waals surface area contributed by atoms with E-state index >= 15 is 0 Å². The molecule has 3 aliphatic heterocycles. The number of aldehydes is 1. The number of pyridine rings is 2. The number of unbranched alkanes of at least 4 members (excludes halogenated alkanes) is 1. The highest BCUT2D eigenvalue weighted by molar-refractivity contribution is 6.06. The summed E-state index contributed by atoms with van der Waals surface area (Å²) in [5, 5.41) is 3.64. The van der Waals surface area contributed by atoms with E-state index in [1.165, 1.54) is 11.9 Å². The molecule has 4 aromatic rings. The number of carbonyl (C=O) groups excluding carboxylic acids is 4. The zero-order chi connectivity index (χ0) is 41.7. The van der Waals surface area contributed by atoms with Crippen LogP contribution >= 0.6 is 0 Å². The SMILES string of the molecule is COc1cc(-c2cn(C)c(=O)c3cnccc23)cc(OC)c1CN1CCC2(CC1)CN(CCCCOc1ccc(C(=O)N(C)C3CCC(=O)NC3=O)c(C=O)c1)CCO2. The third-order valence-electron chi connectivity index (χ3n) is 11.9. The Morgan fingerprint density at radius 3 is 2.49 bits per heavy atom. The highest BCUT2D eigenvalue weighted by Gasteiger charge is 2.40. The van der Waals surface area contributed by atoms with E-state index in [0.717, 1.165) is 92.0 Å². The quantitative estimate of drug-likeness (QED) is 0.112. The Hall–Kier alpha value is -5.64. The molecule has 3 saturated heterocycles. The van der Waals surface area contributed by atoms with Crippen LogP contribution in [0.1, 0.15) is 64.8 Å². The van der Waals surface area contributed by atoms with Gasteiger partial charge >= 0.3 is 0 Å². The number of methoxy groups -OCH3 is 2. The van der Waals surface area contributed by atoms with E-state index in [2.05, 4.69) is 20.1 Å². The standard InChI is InChI=1S/C44H52N6O9/c1-47-25-35(33-11-14-45-24-34(33)42(47)54)29-22-38(56-3)36(39(23-29)57-4)26-49-16-12-44(13-17-49)28-50(18-20-59-44)15-5-6-19-58-31-7-8-32(30(21-31)27-51)43(55)48(2)37-9-10-40(52)46-41(37)53/h7-8,11,14,21-25,27,37H,5-6,9-10,12-13,15-20,26,28H2,1-4H3,(H,46,52,53). The number of aryl methyl sites for hydroxylation is 1. The highest BCUT2D eigenvalue weighted by Crippen LogP contribution is 2.39. The molecule has 0 bridgehead atoms. The van der Waals surface area contributed by atoms with Gasteiger partial charge in [0.2, 0.25) is 11.8 Å². The fourth-order valence-electron chi connectivity index (χ4n) is 8.53. The van der Waals surface area contributed by atoms with Gasteiger partial charge in [-0.15, -0.1) is 0 Å². The van der Waals surface area contributed by atoms with Crippen molar-refractivity contribution in [1.82, 2.24) is 29.6 Å². The van der Waals surface area contributed by atoms with Gasteiger partial charge in [0, 0.05) is 83.0 Å². The summed E-state index contributed by atoms with van der Waals surface area (Å²) >= 11 is 0. The first-order chi connectivity index (χ1) is 28.5. The maximum absolute atomic E-state index is 13.2. The molecule has 2 aromatic heterocycles. The van der Waals surface area contributed by atoms with Crippen LogP contribution in [0, 0.1) is 0 Å². The van der Waals surface area contributed by atoms with E-state index in [1.54, 1.807) is 56.4 Å². The Balaban J connectivity index is 0.895. The summed E-state index contributed by atoms with van der Waals surface area (Å²) in [6.07, 6.45) is 9.70. The minimum absolute atomic E-state index is 0.0993. The van der Waals surface area contributed by atoms with Gasteiger partial charge in [0.25, 0.3) is 11.5 Å². The van der Waals surface area contributed by atoms with E-state index in [1.807, 2.05) is 24.4 Å². The summed E-state index contributed by atoms with van der Waals surface area (Å²) in [4.78, 5) is 72.1. The van der Waals surface area contributed by atoms with Gasteiger partial charge in [-0.2, -0.15) is 0 Å². The Bertz CT molecular complexity index is 2260. The molecular formula is C44H52N6O9. The van der Waals surface area contributed by atoms with Crippen LogP contribution in [0.5, 0.6) is 17.2 Å². The van der Waals surface area contributed by atoms with Crippen LogP contribution in [0.3, 0.4) is 0 Å². The fourth-order valence-corrected chi connectivity index (χ4v) is 8.53. The van der Waals surface area contributed by atoms with Gasteiger partial charge in [-0.1, -0.05) is 0 Å². The lowest BCUT2D eigenvalue weighted by Crippen LogP contribution is -2.56. The lowest BCUT2D eigenvalue weighted by Gasteiger charge is -2.47. The summed E-state index contributed by atoms with van der Waals surface area (Å²) in [7, 11) is 6.58. The van der Waals surface area contributed by atoms with Crippen LogP contribution in [0.4, 0.5) is 0 Å². The number of likely N-dealkylation sites (N-methyl/N-ethyl adjacent to an activating group) is 1. The van der Waals surface area contributed by atoms with Gasteiger partial charge in [-0.25, -0.2) is 0 Å². The molecule has 0 aliphatic carbocycles. The zero-order valence-electron chi connectivity index (χ0n) is 34.2. The van der Waals surface area contributed by atoms with Crippen molar-refractivity contribution in [3.63, 3.8) is 0 Å². The molecule has 1 atom stereocenters. The lowest BCUT2D eigenvalue weighted by molar-refractivity contribution is -0.137. The Kier molecular flexibility index (Phi) is 12.7. The smallest absolute Gasteiger partial charge is 0.259 e. The number of ether oxygens (including phenoxy) is 4. The maximum atomic E-state index is 13.2. The van der Waals surface area contributed by atoms with Crippen LogP contribution < -0.4 is 25.1 Å². The number of morpholine rings is 1. The zero-order valence-corrected chi connectivity index (χ0v) is 34.2. The Morgan fingerprint density at radius 1 is 1.02 bits per heavy atom. The molecule has 15 heteroatoms. The van der Waals surface area contributed by atoms with Crippen molar-refractivity contribution in [1.29, 1.82) is 0 Å². The number of fused-ring (bicyclic) bond motifs is 1. The van der Waals surface area contributed by atoms with Crippen molar-refractivity contribution in [2.45, 2.75) is 56.7 Å². The van der Waals surface area contributed by atoms with E-state index in [4.69, 9.17) is 18.9 Å². The molecule has 5 heterocycles. The fraction of sp³-hybridized carbons (Fsp3) is 0.455. The summed E-state index contributed by atoms with van der Waals surface area (Å²) in [6.45, 7) is 6.21. The first-order valence-electron chi connectivity index (χ1n) is 20.1. The van der Waals surface area contributed by atoms with Gasteiger partial charge in [0.05, 0.1) is 49.5 Å². The molecule has 3 amide bonds. The van der Waals surface area contributed by atoms with Crippen LogP contribution in [0.2, 0.25) is 0 Å². The number of benzene rings is 2. The van der Waals surface area contributed by atoms with E-state index in [-0.39, 0.29) is 41.0 Å². The number of carbonyl (C=O) groups is 4. The minimum Gasteiger partial charge on any atom is -0.496 e. The summed E-state index contributed by atoms with van der Waals surface area (Å²) in [5.41, 5.74) is 2.82. The molecule has 3 fully saturated rings. The molecule has 59 heavy (non-hydrogen) atoms. The topological polar surface area (TPSA) is 162 Å². The number of hydrogen-bond acceptors (Lipinski definition) is 12. The largest absolute Gasteiger partial charge is 0.496 e. The normalized spacial score (nSPS) is 18.4. The van der Waals surface area contributed by atoms with Crippen LogP contribution in [0.15, 0.2) is 59.8 Å². The second kappa shape index (κ2) is 18.1. The van der Waals surface area contributed by atoms with Crippen molar-refractivity contribution in [3.8, 4) is 28.4 Å². The van der Waals surface area contributed by atoms with Gasteiger partial charge in [0.1, 0.15) is 23.3 Å². The van der Waals surface area contributed by atoms with E-state index in [0.29, 0.717) is 37.2 Å². The molecular weight excluding hydrogens is 757 g/mol. The first-order valence-corrected chi connectivity index (χ1v) is 20.1. The second-order valence-electron chi connectivity index (χ2n) is 15.6. The van der Waals surface area contributed by atoms with Crippen molar-refractivity contribution in [3.05, 3.63) is 82.0 Å². The van der Waals surface area contributed by atoms with Gasteiger partial charge < -0.3 is 28.4 Å². The molecule has 1 N–H and O–H groups in total. The molecule has 0 radical (unpaired) electrons. The molecule has 1 spiro atoms. The highest BCUT2D eigenvalue weighted by atomic mass is 16.5. The number of rotatable bonds is 14. The van der Waals surface area contributed by atoms with Gasteiger partial charge in [-0.3, -0.25) is 44.1 Å². The molecule has 2 aromatic carbocycles. The Morgan fingerprint density at radius 2 is 1.78 bits per heavy atom. The van der Waals surface area contributed by atoms with Crippen LogP contribution in [-0.2, 0) is 27.9 Å². The van der Waals surface area contributed by atoms with E-state index < -0.39 is 17.9 Å². The number of aromatic nitrogens is 2. The number of piperidine rings is 2. The average Bonchev–Trinajstić information content (AvgIpc) is 3.25. The summed E-state index contributed by atoms with van der Waals surface area (Å²) < 4.78 is 25.9. The number of likely N-dealkylation sites (tertiary alicyclic amines) is 1. The van der Waals surface area contributed by atoms with Crippen molar-refractivity contribution >= 4 is 34.8 Å². The molecule has 0 saturated carbocycles. The predicted molar refractivity (Wildman–Crippen MR) is 220 cm³/mol. The third-order valence-corrected chi connectivity index (χ3v) is 11.9. The number of imide groups is 1. The minimum atomic E-state index is -0.782. The maximum Gasteiger partial charge on any atom is 0.259 e. The number of amides is 3. The molecule has 15 nitrogen and oxygen atoms in total. The van der Waals surface area contributed by atoms with Crippen molar-refractivity contribution < 1.29 is 38.1 Å². The summed E-state index contributed by atoms with van der Waals surface area (Å²) in [5.74, 6) is 0.595. The summed E-state index contributed by atoms with van der Waals surface area (Å²) in [6, 6.07) is 9.87. The van der Waals surface area contributed by atoms with Crippen molar-refractivity contribution in [2.75, 3.05) is 67.2 Å². The number of nitrogens with one attached hydrogen (secondary N) is 1. The lowest BCUT2D eigenvalue weighted by atomic mass is 9.89. The second-order valence-corrected chi connectivity index (χ2v) is 15.6. The van der Waals surface area contributed by atoms with Gasteiger partial charge in [-0.05, 0) is 86.0 Å². The third kappa shape index (κ3) is 9.02. The van der Waals surface area contributed by atoms with E-state index in [9.17, 15) is 24.0 Å². The molecule has 7 rings (SSSR count). The Labute approximate surface area is 343 Å².